The number of carbonyl (C=O) groups excluding carboxylic acids is 2. The van der Waals surface area contributed by atoms with E-state index in [4.69, 9.17) is 9.47 Å². The third kappa shape index (κ3) is 4.71. The second-order valence-electron chi connectivity index (χ2n) is 9.42. The third-order valence-corrected chi connectivity index (χ3v) is 7.20. The molecule has 0 unspecified atom stereocenters. The van der Waals surface area contributed by atoms with E-state index in [9.17, 15) is 9.59 Å². The monoisotopic (exact) mass is 407 g/mol. The lowest BCUT2D eigenvalue weighted by molar-refractivity contribution is -0.167. The van der Waals surface area contributed by atoms with Crippen molar-refractivity contribution in [3.8, 4) is 0 Å². The van der Waals surface area contributed by atoms with Crippen LogP contribution in [0.4, 0.5) is 4.79 Å². The smallest absolute Gasteiger partial charge is 0.410 e. The fourth-order valence-electron chi connectivity index (χ4n) is 5.72. The number of likely N-dealkylation sites (tertiary alicyclic amines) is 2. The molecule has 0 radical (unpaired) electrons. The first-order chi connectivity index (χ1) is 14.0. The van der Waals surface area contributed by atoms with Crippen LogP contribution in [0.2, 0.25) is 0 Å². The van der Waals surface area contributed by atoms with Crippen molar-refractivity contribution in [3.05, 3.63) is 0 Å². The Labute approximate surface area is 174 Å². The lowest BCUT2D eigenvalue weighted by Gasteiger charge is -2.50. The van der Waals surface area contributed by atoms with Crippen molar-refractivity contribution in [1.29, 1.82) is 0 Å². The number of morpholine rings is 1. The minimum absolute atomic E-state index is 0.0640. The Morgan fingerprint density at radius 1 is 0.966 bits per heavy atom. The molecule has 0 aromatic carbocycles. The van der Waals surface area contributed by atoms with Crippen molar-refractivity contribution in [2.45, 2.75) is 95.5 Å². The van der Waals surface area contributed by atoms with E-state index in [-0.39, 0.29) is 30.8 Å². The number of carbonyl (C=O) groups is 2. The molecule has 7 heteroatoms. The maximum Gasteiger partial charge on any atom is 0.410 e. The summed E-state index contributed by atoms with van der Waals surface area (Å²) < 4.78 is 11.2. The van der Waals surface area contributed by atoms with Gasteiger partial charge < -0.3 is 24.2 Å². The van der Waals surface area contributed by atoms with E-state index in [0.717, 1.165) is 64.7 Å². The Hall–Kier alpha value is -1.34. The molecule has 4 aliphatic rings. The van der Waals surface area contributed by atoms with E-state index in [0.29, 0.717) is 18.1 Å². The second-order valence-corrected chi connectivity index (χ2v) is 9.42. The Kier molecular flexibility index (Phi) is 6.64. The maximum atomic E-state index is 12.6. The maximum absolute atomic E-state index is 12.6. The molecule has 0 bridgehead atoms. The molecule has 7 nitrogen and oxygen atoms in total. The van der Waals surface area contributed by atoms with Gasteiger partial charge in [0.1, 0.15) is 6.61 Å². The van der Waals surface area contributed by atoms with Gasteiger partial charge in [-0.05, 0) is 52.4 Å². The number of piperidine rings is 2. The molecule has 2 atom stereocenters. The molecule has 3 aliphatic heterocycles. The fourth-order valence-corrected chi connectivity index (χ4v) is 5.72. The van der Waals surface area contributed by atoms with Crippen LogP contribution < -0.4 is 0 Å². The summed E-state index contributed by atoms with van der Waals surface area (Å²) in [6.45, 7) is 7.71. The Bertz CT molecular complexity index is 583. The van der Waals surface area contributed by atoms with Crippen LogP contribution in [0.5, 0.6) is 0 Å². The van der Waals surface area contributed by atoms with E-state index in [1.807, 2.05) is 18.7 Å². The quantitative estimate of drug-likeness (QED) is 0.720. The Morgan fingerprint density at radius 2 is 1.62 bits per heavy atom. The van der Waals surface area contributed by atoms with Gasteiger partial charge in [0.15, 0.2) is 0 Å². The topological polar surface area (TPSA) is 62.3 Å². The average Bonchev–Trinajstić information content (AvgIpc) is 2.73. The first kappa shape index (κ1) is 20.9. The van der Waals surface area contributed by atoms with Crippen LogP contribution in [-0.4, -0.2) is 89.8 Å². The largest absolute Gasteiger partial charge is 0.447 e. The van der Waals surface area contributed by atoms with E-state index < -0.39 is 0 Å². The molecule has 164 valence electrons. The van der Waals surface area contributed by atoms with Gasteiger partial charge in [-0.15, -0.1) is 0 Å². The second kappa shape index (κ2) is 9.21. The van der Waals surface area contributed by atoms with Crippen LogP contribution in [0, 0.1) is 0 Å². The van der Waals surface area contributed by atoms with Crippen LogP contribution in [0.1, 0.15) is 65.2 Å². The highest BCUT2D eigenvalue weighted by molar-refractivity contribution is 5.79. The molecule has 0 aromatic heterocycles. The van der Waals surface area contributed by atoms with Gasteiger partial charge in [0.2, 0.25) is 5.91 Å². The van der Waals surface area contributed by atoms with E-state index in [1.54, 1.807) is 0 Å². The molecule has 29 heavy (non-hydrogen) atoms. The van der Waals surface area contributed by atoms with Crippen molar-refractivity contribution >= 4 is 12.0 Å². The van der Waals surface area contributed by atoms with Gasteiger partial charge in [0.25, 0.3) is 0 Å². The minimum Gasteiger partial charge on any atom is -0.447 e. The molecule has 0 spiro atoms. The number of rotatable bonds is 3. The first-order valence-corrected chi connectivity index (χ1v) is 11.7. The lowest BCUT2D eigenvalue weighted by atomic mass is 9.87. The molecule has 4 fully saturated rings. The number of fused-ring (bicyclic) bond motifs is 1. The van der Waals surface area contributed by atoms with Crippen molar-refractivity contribution in [3.63, 3.8) is 0 Å². The highest BCUT2D eigenvalue weighted by Crippen LogP contribution is 2.33. The van der Waals surface area contributed by atoms with Crippen LogP contribution >= 0.6 is 0 Å². The van der Waals surface area contributed by atoms with E-state index in [2.05, 4.69) is 9.80 Å². The zero-order valence-electron chi connectivity index (χ0n) is 18.1. The number of nitrogens with zero attached hydrogens (tertiary/aromatic N) is 3. The number of hydrogen-bond donors (Lipinski definition) is 0. The average molecular weight is 408 g/mol. The summed E-state index contributed by atoms with van der Waals surface area (Å²) in [5, 5.41) is 0. The van der Waals surface area contributed by atoms with Crippen molar-refractivity contribution in [2.75, 3.05) is 32.8 Å². The van der Waals surface area contributed by atoms with Gasteiger partial charge in [-0.2, -0.15) is 0 Å². The predicted molar refractivity (Wildman–Crippen MR) is 110 cm³/mol. The summed E-state index contributed by atoms with van der Waals surface area (Å²) in [5.41, 5.74) is 0. The highest BCUT2D eigenvalue weighted by Gasteiger charge is 2.42. The molecule has 4 rings (SSSR count). The molecule has 3 saturated heterocycles. The van der Waals surface area contributed by atoms with Gasteiger partial charge in [0, 0.05) is 38.3 Å². The fraction of sp³-hybridized carbons (Fsp3) is 0.909. The van der Waals surface area contributed by atoms with Gasteiger partial charge in [0.05, 0.1) is 18.2 Å². The van der Waals surface area contributed by atoms with Gasteiger partial charge in [-0.3, -0.25) is 4.79 Å². The van der Waals surface area contributed by atoms with Crippen LogP contribution in [0.25, 0.3) is 0 Å². The molecule has 3 heterocycles. The highest BCUT2D eigenvalue weighted by atomic mass is 16.6. The lowest BCUT2D eigenvalue weighted by Crippen LogP contribution is -2.61. The molecule has 0 N–H and O–H groups in total. The number of ether oxygens (including phenoxy) is 2. The molecule has 2 amide bonds. The molecule has 1 saturated carbocycles. The SMILES string of the molecule is CC(C)OC(=O)N1CCC(N2CCC(N3C(=O)CO[C@H]4CCCC[C@@H]43)CC2)CC1. The standard InChI is InChI=1S/C22H37N3O4/c1-16(2)29-22(27)24-13-7-17(8-14-24)23-11-9-18(10-12-23)25-19-5-3-4-6-20(19)28-15-21(25)26/h16-20H,3-15H2,1-2H3/t19-,20-/m0/s1. The van der Waals surface area contributed by atoms with Gasteiger partial charge in [-0.1, -0.05) is 12.8 Å². The Morgan fingerprint density at radius 3 is 2.31 bits per heavy atom. The Balaban J connectivity index is 1.26. The predicted octanol–water partition coefficient (Wildman–Crippen LogP) is 2.63. The van der Waals surface area contributed by atoms with Crippen molar-refractivity contribution in [1.82, 2.24) is 14.7 Å². The van der Waals surface area contributed by atoms with E-state index in [1.165, 1.54) is 12.8 Å². The molecule has 0 aromatic rings. The first-order valence-electron chi connectivity index (χ1n) is 11.7. The van der Waals surface area contributed by atoms with Crippen LogP contribution in [0.15, 0.2) is 0 Å². The van der Waals surface area contributed by atoms with Crippen LogP contribution in [0.3, 0.4) is 0 Å². The zero-order chi connectivity index (χ0) is 20.4. The molecular formula is C22H37N3O4. The number of hydrogen-bond acceptors (Lipinski definition) is 5. The van der Waals surface area contributed by atoms with E-state index >= 15 is 0 Å². The van der Waals surface area contributed by atoms with Crippen molar-refractivity contribution in [2.24, 2.45) is 0 Å². The van der Waals surface area contributed by atoms with Gasteiger partial charge >= 0.3 is 6.09 Å². The summed E-state index contributed by atoms with van der Waals surface area (Å²) in [4.78, 5) is 31.4. The summed E-state index contributed by atoms with van der Waals surface area (Å²) in [5.74, 6) is 0.198. The van der Waals surface area contributed by atoms with Crippen LogP contribution in [-0.2, 0) is 14.3 Å². The third-order valence-electron chi connectivity index (χ3n) is 7.20. The van der Waals surface area contributed by atoms with Gasteiger partial charge in [-0.25, -0.2) is 4.79 Å². The summed E-state index contributed by atoms with van der Waals surface area (Å²) in [7, 11) is 0. The summed E-state index contributed by atoms with van der Waals surface area (Å²) in [6, 6.07) is 1.22. The molecular weight excluding hydrogens is 370 g/mol. The molecule has 1 aliphatic carbocycles. The summed E-state index contributed by atoms with van der Waals surface area (Å²) >= 11 is 0. The number of amides is 2. The zero-order valence-corrected chi connectivity index (χ0v) is 18.1. The normalized spacial score (nSPS) is 30.5. The minimum atomic E-state index is -0.176. The van der Waals surface area contributed by atoms with Crippen molar-refractivity contribution < 1.29 is 19.1 Å². The summed E-state index contributed by atoms with van der Waals surface area (Å²) in [6.07, 6.45) is 8.81.